The Kier molecular flexibility index (Phi) is 3.99. The third kappa shape index (κ3) is 2.68. The molecule has 0 bridgehead atoms. The predicted molar refractivity (Wildman–Crippen MR) is 85.6 cm³/mol. The largest absolute Gasteiger partial charge is 0.272 e. The van der Waals surface area contributed by atoms with Crippen molar-refractivity contribution in [2.45, 2.75) is 25.9 Å². The van der Waals surface area contributed by atoms with Crippen LogP contribution in [0.4, 0.5) is 0 Å². The molecule has 0 radical (unpaired) electrons. The van der Waals surface area contributed by atoms with Crippen molar-refractivity contribution in [2.24, 2.45) is 5.84 Å². The van der Waals surface area contributed by atoms with Gasteiger partial charge in [-0.15, -0.1) is 0 Å². The predicted octanol–water partition coefficient (Wildman–Crippen LogP) is 3.00. The van der Waals surface area contributed by atoms with Crippen molar-refractivity contribution >= 4 is 10.8 Å². The number of hydrogen-bond donors (Lipinski definition) is 2. The highest BCUT2D eigenvalue weighted by molar-refractivity contribution is 5.86. The molecule has 1 unspecified atom stereocenters. The fraction of sp³-hybridized carbons (Fsp3) is 0.235. The fourth-order valence-corrected chi connectivity index (χ4v) is 2.75. The van der Waals surface area contributed by atoms with Gasteiger partial charge in [0.2, 0.25) is 0 Å². The van der Waals surface area contributed by atoms with Gasteiger partial charge in [0, 0.05) is 18.3 Å². The monoisotopic (exact) mass is 280 g/mol. The third-order valence-electron chi connectivity index (χ3n) is 3.74. The molecule has 3 rings (SSSR count). The Labute approximate surface area is 124 Å². The maximum atomic E-state index is 5.82. The molecule has 21 heavy (non-hydrogen) atoms. The van der Waals surface area contributed by atoms with E-state index in [1.165, 1.54) is 16.3 Å². The topological polar surface area (TPSA) is 55.9 Å². The third-order valence-corrected chi connectivity index (χ3v) is 3.74. The Morgan fingerprint density at radius 3 is 2.81 bits per heavy atom. The number of benzene rings is 2. The molecule has 0 saturated carbocycles. The first-order valence-electron chi connectivity index (χ1n) is 7.29. The number of nitrogens with zero attached hydrogens (tertiary/aromatic N) is 2. The summed E-state index contributed by atoms with van der Waals surface area (Å²) in [6, 6.07) is 14.6. The van der Waals surface area contributed by atoms with Crippen molar-refractivity contribution in [1.82, 2.24) is 15.2 Å². The summed E-state index contributed by atoms with van der Waals surface area (Å²) in [4.78, 5) is 0. The minimum absolute atomic E-state index is 0.0540. The number of aromatic nitrogens is 2. The summed E-state index contributed by atoms with van der Waals surface area (Å²) in [5, 5.41) is 6.83. The second-order valence-electron chi connectivity index (χ2n) is 5.20. The molecule has 108 valence electrons. The van der Waals surface area contributed by atoms with Gasteiger partial charge in [-0.2, -0.15) is 5.10 Å². The quantitative estimate of drug-likeness (QED) is 0.558. The molecule has 0 aliphatic carbocycles. The summed E-state index contributed by atoms with van der Waals surface area (Å²) in [6.07, 6.45) is 5.02. The van der Waals surface area contributed by atoms with E-state index in [1.807, 2.05) is 10.9 Å². The molecule has 0 fully saturated rings. The molecule has 1 aromatic heterocycles. The number of rotatable bonds is 5. The molecule has 2 aromatic carbocycles. The number of nitrogens with two attached hydrogens (primary N) is 1. The van der Waals surface area contributed by atoms with E-state index in [-0.39, 0.29) is 6.04 Å². The van der Waals surface area contributed by atoms with E-state index >= 15 is 0 Å². The van der Waals surface area contributed by atoms with Crippen LogP contribution in [-0.2, 0) is 6.54 Å². The maximum absolute atomic E-state index is 5.82. The average Bonchev–Trinajstić information content (AvgIpc) is 2.97. The van der Waals surface area contributed by atoms with Crippen LogP contribution in [0.5, 0.6) is 0 Å². The lowest BCUT2D eigenvalue weighted by atomic mass is 9.96. The normalized spacial score (nSPS) is 12.7. The molecule has 4 nitrogen and oxygen atoms in total. The van der Waals surface area contributed by atoms with Gasteiger partial charge in [0.15, 0.2) is 0 Å². The zero-order valence-electron chi connectivity index (χ0n) is 12.2. The van der Waals surface area contributed by atoms with Crippen molar-refractivity contribution in [3.63, 3.8) is 0 Å². The van der Waals surface area contributed by atoms with Crippen molar-refractivity contribution in [2.75, 3.05) is 0 Å². The van der Waals surface area contributed by atoms with Crippen LogP contribution in [0.3, 0.4) is 0 Å². The van der Waals surface area contributed by atoms with Crippen LogP contribution in [0.1, 0.15) is 30.5 Å². The summed E-state index contributed by atoms with van der Waals surface area (Å²) >= 11 is 0. The van der Waals surface area contributed by atoms with Gasteiger partial charge in [0.1, 0.15) is 0 Å². The molecule has 0 aliphatic rings. The van der Waals surface area contributed by atoms with Gasteiger partial charge in [-0.1, -0.05) is 49.4 Å². The van der Waals surface area contributed by atoms with Crippen molar-refractivity contribution < 1.29 is 0 Å². The summed E-state index contributed by atoms with van der Waals surface area (Å²) in [7, 11) is 0. The summed E-state index contributed by atoms with van der Waals surface area (Å²) in [5.74, 6) is 5.82. The van der Waals surface area contributed by atoms with Crippen LogP contribution in [0.2, 0.25) is 0 Å². The summed E-state index contributed by atoms with van der Waals surface area (Å²) in [6.45, 7) is 3.07. The zero-order valence-corrected chi connectivity index (χ0v) is 12.2. The van der Waals surface area contributed by atoms with Crippen LogP contribution < -0.4 is 11.3 Å². The maximum Gasteiger partial charge on any atom is 0.0746 e. The van der Waals surface area contributed by atoms with Crippen LogP contribution >= 0.6 is 0 Å². The molecule has 3 aromatic rings. The Balaban J connectivity index is 2.05. The molecular formula is C17H20N4. The molecule has 4 heteroatoms. The Morgan fingerprint density at radius 1 is 1.19 bits per heavy atom. The van der Waals surface area contributed by atoms with Crippen LogP contribution in [-0.4, -0.2) is 9.78 Å². The Morgan fingerprint density at radius 2 is 2.00 bits per heavy atom. The van der Waals surface area contributed by atoms with Crippen LogP contribution in [0.25, 0.3) is 10.8 Å². The van der Waals surface area contributed by atoms with Gasteiger partial charge in [-0.05, 0) is 22.8 Å². The average molecular weight is 280 g/mol. The number of nitrogens with one attached hydrogen (secondary N) is 1. The standard InChI is InChI=1S/C17H20N4/c1-2-10-21-12-14(11-19-21)17(20-18)16-9-5-7-13-6-3-4-8-15(13)16/h3-9,11-12,17,20H,2,10,18H2,1H3. The van der Waals surface area contributed by atoms with E-state index < -0.39 is 0 Å². The van der Waals surface area contributed by atoms with Gasteiger partial charge in [-0.3, -0.25) is 10.5 Å². The minimum atomic E-state index is -0.0540. The van der Waals surface area contributed by atoms with E-state index in [4.69, 9.17) is 5.84 Å². The SMILES string of the molecule is CCCn1cc(C(NN)c2cccc3ccccc23)cn1. The molecule has 0 spiro atoms. The zero-order chi connectivity index (χ0) is 14.7. The first-order valence-corrected chi connectivity index (χ1v) is 7.29. The lowest BCUT2D eigenvalue weighted by Gasteiger charge is -2.17. The van der Waals surface area contributed by atoms with Gasteiger partial charge >= 0.3 is 0 Å². The van der Waals surface area contributed by atoms with E-state index in [1.54, 1.807) is 0 Å². The highest BCUT2D eigenvalue weighted by Gasteiger charge is 2.16. The minimum Gasteiger partial charge on any atom is -0.272 e. The molecular weight excluding hydrogens is 260 g/mol. The van der Waals surface area contributed by atoms with E-state index in [9.17, 15) is 0 Å². The highest BCUT2D eigenvalue weighted by Crippen LogP contribution is 2.28. The van der Waals surface area contributed by atoms with E-state index in [0.29, 0.717) is 0 Å². The lowest BCUT2D eigenvalue weighted by Crippen LogP contribution is -2.28. The lowest BCUT2D eigenvalue weighted by molar-refractivity contribution is 0.598. The van der Waals surface area contributed by atoms with Gasteiger partial charge in [-0.25, -0.2) is 5.43 Å². The number of aryl methyl sites for hydroxylation is 1. The molecule has 0 aliphatic heterocycles. The van der Waals surface area contributed by atoms with E-state index in [2.05, 4.69) is 66.1 Å². The van der Waals surface area contributed by atoms with Crippen molar-refractivity contribution in [3.05, 3.63) is 66.0 Å². The van der Waals surface area contributed by atoms with E-state index in [0.717, 1.165) is 18.5 Å². The smallest absolute Gasteiger partial charge is 0.0746 e. The molecule has 0 amide bonds. The first-order chi connectivity index (χ1) is 10.3. The molecule has 1 atom stereocenters. The second-order valence-corrected chi connectivity index (χ2v) is 5.20. The Bertz CT molecular complexity index is 727. The second kappa shape index (κ2) is 6.08. The van der Waals surface area contributed by atoms with Gasteiger partial charge in [0.25, 0.3) is 0 Å². The van der Waals surface area contributed by atoms with Crippen LogP contribution in [0.15, 0.2) is 54.9 Å². The van der Waals surface area contributed by atoms with Gasteiger partial charge in [0.05, 0.1) is 12.2 Å². The van der Waals surface area contributed by atoms with Crippen molar-refractivity contribution in [3.8, 4) is 0 Å². The van der Waals surface area contributed by atoms with Crippen molar-refractivity contribution in [1.29, 1.82) is 0 Å². The Hall–Kier alpha value is -2.17. The van der Waals surface area contributed by atoms with Crippen LogP contribution in [0, 0.1) is 0 Å². The first kappa shape index (κ1) is 13.8. The molecule has 3 N–H and O–H groups in total. The number of hydrogen-bond acceptors (Lipinski definition) is 3. The molecule has 0 saturated heterocycles. The summed E-state index contributed by atoms with van der Waals surface area (Å²) in [5.41, 5.74) is 5.19. The number of fused-ring (bicyclic) bond motifs is 1. The highest BCUT2D eigenvalue weighted by atomic mass is 15.3. The molecule has 1 heterocycles. The number of hydrazine groups is 1. The fourth-order valence-electron chi connectivity index (χ4n) is 2.75. The summed E-state index contributed by atoms with van der Waals surface area (Å²) < 4.78 is 1.96. The van der Waals surface area contributed by atoms with Gasteiger partial charge < -0.3 is 0 Å².